The zero-order valence-corrected chi connectivity index (χ0v) is 11.9. The Morgan fingerprint density at radius 1 is 1.38 bits per heavy atom. The van der Waals surface area contributed by atoms with Crippen molar-refractivity contribution in [3.63, 3.8) is 0 Å². The topological polar surface area (TPSA) is 79.0 Å². The fraction of sp³-hybridized carbons (Fsp3) is 0.286. The number of hydrogen-bond donors (Lipinski definition) is 2. The maximum atomic E-state index is 8.97. The Morgan fingerprint density at radius 2 is 2.29 bits per heavy atom. The number of aliphatic hydroxyl groups is 1. The van der Waals surface area contributed by atoms with Crippen LogP contribution in [0.1, 0.15) is 0 Å². The van der Waals surface area contributed by atoms with Gasteiger partial charge in [0.05, 0.1) is 19.9 Å². The third-order valence-corrected chi connectivity index (χ3v) is 2.94. The van der Waals surface area contributed by atoms with Gasteiger partial charge in [0.2, 0.25) is 6.17 Å². The number of quaternary nitrogens is 1. The molecule has 7 heteroatoms. The molecule has 0 spiro atoms. The van der Waals surface area contributed by atoms with Gasteiger partial charge in [0.1, 0.15) is 0 Å². The molecule has 1 aliphatic rings. The van der Waals surface area contributed by atoms with Gasteiger partial charge < -0.3 is 9.67 Å². The molecule has 0 aliphatic carbocycles. The summed E-state index contributed by atoms with van der Waals surface area (Å²) in [6.07, 6.45) is 11.0. The predicted molar refractivity (Wildman–Crippen MR) is 79.4 cm³/mol. The normalized spacial score (nSPS) is 22.7. The minimum absolute atomic E-state index is 0.0301. The molecule has 1 aromatic heterocycles. The molecule has 0 amide bonds. The van der Waals surface area contributed by atoms with E-state index in [0.717, 1.165) is 4.90 Å². The first-order chi connectivity index (χ1) is 10.3. The van der Waals surface area contributed by atoms with E-state index in [1.807, 2.05) is 55.9 Å². The molecule has 1 aromatic rings. The number of likely N-dealkylation sites (N-methyl/N-ethyl adjacent to an activating group) is 1. The largest absolute Gasteiger partial charge is 0.395 e. The van der Waals surface area contributed by atoms with Crippen molar-refractivity contribution in [2.75, 3.05) is 13.7 Å². The highest BCUT2D eigenvalue weighted by atomic mass is 16.3. The molecule has 2 rings (SSSR count). The summed E-state index contributed by atoms with van der Waals surface area (Å²) in [6, 6.07) is 5.55. The third kappa shape index (κ3) is 4.59. The number of rotatable bonds is 5. The van der Waals surface area contributed by atoms with E-state index >= 15 is 0 Å². The molecule has 2 heterocycles. The van der Waals surface area contributed by atoms with Gasteiger partial charge in [0, 0.05) is 12.7 Å². The van der Waals surface area contributed by atoms with Crippen LogP contribution in [0.25, 0.3) is 0 Å². The Hall–Kier alpha value is -2.38. The first kappa shape index (κ1) is 15.0. The minimum atomic E-state index is -0.0301. The van der Waals surface area contributed by atoms with Crippen LogP contribution in [-0.4, -0.2) is 35.8 Å². The summed E-state index contributed by atoms with van der Waals surface area (Å²) in [5.41, 5.74) is 0.654. The molecule has 0 aromatic carbocycles. The Bertz CT molecular complexity index is 628. The number of allylic oxidation sites excluding steroid dienone is 2. The average Bonchev–Trinajstić information content (AvgIpc) is 2.50. The standard InChI is InChI=1S/C14H18N6O/c1-19-8-4-2-6-13(19)17-15-12-16-18-14-7-3-5-9-20(14)10-11-21/h2-9,12-13,21H,10-11H2,1H3/p+1/b16-12+,17-15?,18-14+. The maximum Gasteiger partial charge on any atom is 0.224 e. The second-order valence-electron chi connectivity index (χ2n) is 4.47. The van der Waals surface area contributed by atoms with Crippen molar-refractivity contribution in [3.05, 3.63) is 54.3 Å². The van der Waals surface area contributed by atoms with Gasteiger partial charge in [0.25, 0.3) is 0 Å². The molecule has 7 nitrogen and oxygen atoms in total. The second-order valence-corrected chi connectivity index (χ2v) is 4.47. The zero-order valence-electron chi connectivity index (χ0n) is 11.9. The van der Waals surface area contributed by atoms with Crippen LogP contribution >= 0.6 is 0 Å². The van der Waals surface area contributed by atoms with E-state index in [-0.39, 0.29) is 12.8 Å². The van der Waals surface area contributed by atoms with Crippen molar-refractivity contribution in [2.24, 2.45) is 20.4 Å². The van der Waals surface area contributed by atoms with E-state index in [1.54, 1.807) is 4.57 Å². The van der Waals surface area contributed by atoms with Crippen LogP contribution in [-0.2, 0) is 6.54 Å². The van der Waals surface area contributed by atoms with Gasteiger partial charge in [-0.1, -0.05) is 12.1 Å². The van der Waals surface area contributed by atoms with Gasteiger partial charge in [0.15, 0.2) is 11.8 Å². The van der Waals surface area contributed by atoms with E-state index in [2.05, 4.69) is 20.4 Å². The van der Waals surface area contributed by atoms with Crippen molar-refractivity contribution < 1.29 is 10.0 Å². The Kier molecular flexibility index (Phi) is 5.74. The fourth-order valence-electron chi connectivity index (χ4n) is 1.82. The Morgan fingerprint density at radius 3 is 3.10 bits per heavy atom. The average molecular weight is 287 g/mol. The number of hydrogen-bond acceptors (Lipinski definition) is 4. The molecule has 2 atom stereocenters. The minimum Gasteiger partial charge on any atom is -0.395 e. The smallest absolute Gasteiger partial charge is 0.224 e. The van der Waals surface area contributed by atoms with Crippen molar-refractivity contribution >= 4 is 6.34 Å². The number of nitrogens with zero attached hydrogens (tertiary/aromatic N) is 5. The van der Waals surface area contributed by atoms with Crippen molar-refractivity contribution in [1.29, 1.82) is 0 Å². The van der Waals surface area contributed by atoms with Crippen LogP contribution in [0.2, 0.25) is 0 Å². The summed E-state index contributed by atoms with van der Waals surface area (Å²) < 4.78 is 1.81. The van der Waals surface area contributed by atoms with Gasteiger partial charge in [-0.05, 0) is 24.3 Å². The van der Waals surface area contributed by atoms with Crippen LogP contribution < -0.4 is 10.4 Å². The summed E-state index contributed by atoms with van der Waals surface area (Å²) in [7, 11) is 2.01. The molecule has 0 radical (unpaired) electrons. The molecule has 21 heavy (non-hydrogen) atoms. The van der Waals surface area contributed by atoms with Gasteiger partial charge in [-0.15, -0.1) is 20.4 Å². The molecule has 1 aliphatic heterocycles. The van der Waals surface area contributed by atoms with Gasteiger partial charge in [-0.2, -0.15) is 0 Å². The summed E-state index contributed by atoms with van der Waals surface area (Å²) in [4.78, 5) is 1.13. The van der Waals surface area contributed by atoms with Crippen LogP contribution in [0, 0.1) is 0 Å². The first-order valence-electron chi connectivity index (χ1n) is 6.71. The van der Waals surface area contributed by atoms with E-state index in [4.69, 9.17) is 5.11 Å². The quantitative estimate of drug-likeness (QED) is 0.332. The van der Waals surface area contributed by atoms with Crippen LogP contribution in [0.15, 0.2) is 69.3 Å². The van der Waals surface area contributed by atoms with Crippen LogP contribution in [0.5, 0.6) is 0 Å². The summed E-state index contributed by atoms with van der Waals surface area (Å²) >= 11 is 0. The lowest BCUT2D eigenvalue weighted by Crippen LogP contribution is -3.08. The fourth-order valence-corrected chi connectivity index (χ4v) is 1.82. The van der Waals surface area contributed by atoms with E-state index in [0.29, 0.717) is 12.0 Å². The monoisotopic (exact) mass is 287 g/mol. The highest BCUT2D eigenvalue weighted by Crippen LogP contribution is 1.90. The summed E-state index contributed by atoms with van der Waals surface area (Å²) in [6.45, 7) is 0.529. The number of azo groups is 1. The van der Waals surface area contributed by atoms with E-state index in [1.165, 1.54) is 6.34 Å². The molecule has 2 N–H and O–H groups in total. The van der Waals surface area contributed by atoms with Crippen LogP contribution in [0.4, 0.5) is 0 Å². The van der Waals surface area contributed by atoms with Crippen molar-refractivity contribution in [3.8, 4) is 0 Å². The first-order valence-corrected chi connectivity index (χ1v) is 6.71. The van der Waals surface area contributed by atoms with Crippen LogP contribution in [0.3, 0.4) is 0 Å². The maximum absolute atomic E-state index is 8.97. The van der Waals surface area contributed by atoms with Crippen molar-refractivity contribution in [2.45, 2.75) is 12.7 Å². The number of aliphatic hydroxyl groups excluding tert-OH is 1. The lowest BCUT2D eigenvalue weighted by molar-refractivity contribution is -0.845. The van der Waals surface area contributed by atoms with E-state index in [9.17, 15) is 0 Å². The molecule has 2 unspecified atom stereocenters. The lowest BCUT2D eigenvalue weighted by Gasteiger charge is -2.14. The lowest BCUT2D eigenvalue weighted by atomic mass is 10.3. The highest BCUT2D eigenvalue weighted by Gasteiger charge is 2.12. The number of aromatic nitrogens is 1. The summed E-state index contributed by atoms with van der Waals surface area (Å²) in [5, 5.41) is 25.0. The molecule has 0 bridgehead atoms. The number of nitrogens with one attached hydrogen (secondary N) is 1. The van der Waals surface area contributed by atoms with Gasteiger partial charge >= 0.3 is 0 Å². The molecular weight excluding hydrogens is 268 g/mol. The zero-order chi connectivity index (χ0) is 14.9. The van der Waals surface area contributed by atoms with Gasteiger partial charge in [-0.3, -0.25) is 4.90 Å². The number of pyridine rings is 1. The van der Waals surface area contributed by atoms with Crippen molar-refractivity contribution in [1.82, 2.24) is 4.57 Å². The predicted octanol–water partition coefficient (Wildman–Crippen LogP) is -0.299. The highest BCUT2D eigenvalue weighted by molar-refractivity contribution is 5.53. The molecule has 110 valence electrons. The Labute approximate surface area is 123 Å². The SMILES string of the molecule is C[NH+]1C=CC=CC1N=N/C=N/N=c1\ccccn1CCO. The molecular formula is C14H19N6O+. The third-order valence-electron chi connectivity index (χ3n) is 2.94. The molecule has 0 fully saturated rings. The van der Waals surface area contributed by atoms with E-state index < -0.39 is 0 Å². The van der Waals surface area contributed by atoms with Gasteiger partial charge in [-0.25, -0.2) is 0 Å². The summed E-state index contributed by atoms with van der Waals surface area (Å²) in [5.74, 6) is 0. The molecule has 0 saturated heterocycles. The Balaban J connectivity index is 2.00. The second kappa shape index (κ2) is 8.03. The molecule has 0 saturated carbocycles.